The number of allylic oxidation sites excluding steroid dienone is 1. The normalized spacial score (nSPS) is 17.4. The maximum absolute atomic E-state index is 13.1. The highest BCUT2D eigenvalue weighted by Crippen LogP contribution is 2.22. The number of rotatable bonds is 8. The summed E-state index contributed by atoms with van der Waals surface area (Å²) in [5.41, 5.74) is 2.16. The minimum absolute atomic E-state index is 0.0193. The average Bonchev–Trinajstić information content (AvgIpc) is 2.76. The summed E-state index contributed by atoms with van der Waals surface area (Å²) in [6.07, 6.45) is 5.03. The summed E-state index contributed by atoms with van der Waals surface area (Å²) in [5.74, 6) is -0.149. The third kappa shape index (κ3) is 6.01. The van der Waals surface area contributed by atoms with Crippen LogP contribution in [0.25, 0.3) is 0 Å². The van der Waals surface area contributed by atoms with E-state index in [9.17, 15) is 9.18 Å². The van der Waals surface area contributed by atoms with E-state index in [-0.39, 0.29) is 23.7 Å². The van der Waals surface area contributed by atoms with E-state index in [0.717, 1.165) is 44.5 Å². The van der Waals surface area contributed by atoms with Gasteiger partial charge in [-0.2, -0.15) is 0 Å². The molecule has 0 aliphatic carbocycles. The van der Waals surface area contributed by atoms with Crippen LogP contribution >= 0.6 is 0 Å². The molecule has 1 aliphatic heterocycles. The van der Waals surface area contributed by atoms with E-state index in [4.69, 9.17) is 0 Å². The number of benzene rings is 2. The second kappa shape index (κ2) is 10.4. The smallest absolute Gasteiger partial charge is 0.227 e. The van der Waals surface area contributed by atoms with Gasteiger partial charge >= 0.3 is 0 Å². The molecule has 2 aromatic rings. The molecule has 0 radical (unpaired) electrons. The van der Waals surface area contributed by atoms with Crippen LogP contribution < -0.4 is 5.32 Å². The average molecular weight is 395 g/mol. The lowest BCUT2D eigenvalue weighted by molar-refractivity contribution is -0.123. The zero-order chi connectivity index (χ0) is 20.6. The molecule has 4 heteroatoms. The molecule has 0 bridgehead atoms. The van der Waals surface area contributed by atoms with E-state index in [1.54, 1.807) is 12.1 Å². The Morgan fingerprint density at radius 2 is 1.79 bits per heavy atom. The number of piperidine rings is 1. The van der Waals surface area contributed by atoms with Crippen molar-refractivity contribution in [2.75, 3.05) is 19.6 Å². The Labute approximate surface area is 173 Å². The number of carbonyl (C=O) groups excluding carboxylic acids is 1. The molecule has 1 aliphatic rings. The number of nitrogens with zero attached hydrogens (tertiary/aromatic N) is 1. The van der Waals surface area contributed by atoms with E-state index in [2.05, 4.69) is 41.1 Å². The van der Waals surface area contributed by atoms with Gasteiger partial charge in [0.05, 0.1) is 5.92 Å². The van der Waals surface area contributed by atoms with Crippen molar-refractivity contribution in [1.82, 2.24) is 10.2 Å². The van der Waals surface area contributed by atoms with Gasteiger partial charge in [0.15, 0.2) is 0 Å². The maximum atomic E-state index is 13.1. The second-order valence-electron chi connectivity index (χ2n) is 7.94. The van der Waals surface area contributed by atoms with Crippen LogP contribution in [0.3, 0.4) is 0 Å². The summed E-state index contributed by atoms with van der Waals surface area (Å²) in [6.45, 7) is 8.91. The molecular formula is C25H31FN2O. The lowest BCUT2D eigenvalue weighted by atomic mass is 9.95. The molecule has 1 amide bonds. The second-order valence-corrected chi connectivity index (χ2v) is 7.94. The Morgan fingerprint density at radius 1 is 1.14 bits per heavy atom. The first kappa shape index (κ1) is 21.3. The highest BCUT2D eigenvalue weighted by molar-refractivity contribution is 5.83. The van der Waals surface area contributed by atoms with Crippen LogP contribution in [0.15, 0.2) is 67.3 Å². The van der Waals surface area contributed by atoms with E-state index in [1.165, 1.54) is 17.7 Å². The van der Waals surface area contributed by atoms with E-state index < -0.39 is 0 Å². The van der Waals surface area contributed by atoms with Gasteiger partial charge in [0.1, 0.15) is 5.82 Å². The Bertz CT molecular complexity index is 782. The first-order chi connectivity index (χ1) is 14.1. The lowest BCUT2D eigenvalue weighted by Crippen LogP contribution is -2.46. The minimum Gasteiger partial charge on any atom is -0.353 e. The third-order valence-electron chi connectivity index (χ3n) is 5.97. The van der Waals surface area contributed by atoms with Crippen LogP contribution in [0.5, 0.6) is 0 Å². The van der Waals surface area contributed by atoms with Crippen molar-refractivity contribution < 1.29 is 9.18 Å². The van der Waals surface area contributed by atoms with Crippen molar-refractivity contribution in [1.29, 1.82) is 0 Å². The predicted molar refractivity (Wildman–Crippen MR) is 116 cm³/mol. The molecule has 1 saturated heterocycles. The molecule has 154 valence electrons. The van der Waals surface area contributed by atoms with Gasteiger partial charge in [-0.25, -0.2) is 4.39 Å². The molecule has 2 aromatic carbocycles. The number of hydrogen-bond donors (Lipinski definition) is 1. The fourth-order valence-electron chi connectivity index (χ4n) is 3.97. The quantitative estimate of drug-likeness (QED) is 0.648. The Balaban J connectivity index is 1.42. The number of amides is 1. The summed E-state index contributed by atoms with van der Waals surface area (Å²) in [5, 5.41) is 3.18. The fourth-order valence-corrected chi connectivity index (χ4v) is 3.97. The predicted octanol–water partition coefficient (Wildman–Crippen LogP) is 4.87. The molecule has 3 nitrogen and oxygen atoms in total. The summed E-state index contributed by atoms with van der Waals surface area (Å²) >= 11 is 0. The number of carbonyl (C=O) groups is 1. The number of likely N-dealkylation sites (tertiary alicyclic amines) is 1. The summed E-state index contributed by atoms with van der Waals surface area (Å²) < 4.78 is 13.1. The summed E-state index contributed by atoms with van der Waals surface area (Å²) in [4.78, 5) is 15.0. The minimum atomic E-state index is -0.278. The third-order valence-corrected chi connectivity index (χ3v) is 5.97. The molecule has 0 spiro atoms. The Morgan fingerprint density at radius 3 is 2.41 bits per heavy atom. The van der Waals surface area contributed by atoms with Crippen molar-refractivity contribution >= 4 is 5.91 Å². The van der Waals surface area contributed by atoms with Crippen molar-refractivity contribution in [2.45, 2.75) is 44.1 Å². The first-order valence-corrected chi connectivity index (χ1v) is 10.5. The van der Waals surface area contributed by atoms with Crippen LogP contribution in [0.4, 0.5) is 4.39 Å². The van der Waals surface area contributed by atoms with Crippen LogP contribution in [0.1, 0.15) is 49.1 Å². The van der Waals surface area contributed by atoms with Crippen LogP contribution in [0.2, 0.25) is 0 Å². The molecule has 2 atom stereocenters. The molecule has 1 N–H and O–H groups in total. The zero-order valence-corrected chi connectivity index (χ0v) is 17.2. The van der Waals surface area contributed by atoms with Gasteiger partial charge in [0.25, 0.3) is 0 Å². The Hall–Kier alpha value is -2.46. The highest BCUT2D eigenvalue weighted by atomic mass is 19.1. The van der Waals surface area contributed by atoms with Crippen molar-refractivity contribution in [3.63, 3.8) is 0 Å². The number of nitrogens with one attached hydrogen (secondary N) is 1. The van der Waals surface area contributed by atoms with Gasteiger partial charge < -0.3 is 10.2 Å². The van der Waals surface area contributed by atoms with Gasteiger partial charge in [0.2, 0.25) is 5.91 Å². The molecule has 0 saturated carbocycles. The maximum Gasteiger partial charge on any atom is 0.227 e. The van der Waals surface area contributed by atoms with Crippen LogP contribution in [0, 0.1) is 5.82 Å². The van der Waals surface area contributed by atoms with Crippen LogP contribution in [-0.2, 0) is 4.79 Å². The van der Waals surface area contributed by atoms with Crippen LogP contribution in [-0.4, -0.2) is 36.5 Å². The Kier molecular flexibility index (Phi) is 7.59. The molecule has 2 unspecified atom stereocenters. The topological polar surface area (TPSA) is 32.3 Å². The van der Waals surface area contributed by atoms with E-state index >= 15 is 0 Å². The number of halogens is 1. The fraction of sp³-hybridized carbons (Fsp3) is 0.400. The summed E-state index contributed by atoms with van der Waals surface area (Å²) in [7, 11) is 0. The SMILES string of the molecule is C=CC(CCN1CCC(NC(=O)C(C)c2ccc(F)cc2)CC1)c1ccccc1. The van der Waals surface area contributed by atoms with Gasteiger partial charge in [-0.3, -0.25) is 4.79 Å². The summed E-state index contributed by atoms with van der Waals surface area (Å²) in [6, 6.07) is 16.9. The molecule has 0 aromatic heterocycles. The zero-order valence-electron chi connectivity index (χ0n) is 17.2. The molecular weight excluding hydrogens is 363 g/mol. The molecule has 3 rings (SSSR count). The standard InChI is InChI=1S/C25H31FN2O/c1-3-20(22-7-5-4-6-8-22)13-16-28-17-14-24(15-18-28)27-25(29)19(2)21-9-11-23(26)12-10-21/h3-12,19-20,24H,1,13-18H2,2H3,(H,27,29). The van der Waals surface area contributed by atoms with Crippen molar-refractivity contribution in [2.24, 2.45) is 0 Å². The van der Waals surface area contributed by atoms with E-state index in [1.807, 2.05) is 19.1 Å². The van der Waals surface area contributed by atoms with Crippen molar-refractivity contribution in [3.8, 4) is 0 Å². The van der Waals surface area contributed by atoms with Gasteiger partial charge in [-0.05, 0) is 56.0 Å². The molecule has 29 heavy (non-hydrogen) atoms. The molecule has 1 fully saturated rings. The largest absolute Gasteiger partial charge is 0.353 e. The van der Waals surface area contributed by atoms with E-state index in [0.29, 0.717) is 5.92 Å². The highest BCUT2D eigenvalue weighted by Gasteiger charge is 2.23. The van der Waals surface area contributed by atoms with Gasteiger partial charge in [0, 0.05) is 25.0 Å². The van der Waals surface area contributed by atoms with Gasteiger partial charge in [-0.1, -0.05) is 48.5 Å². The van der Waals surface area contributed by atoms with Crippen molar-refractivity contribution in [3.05, 3.63) is 84.2 Å². The lowest BCUT2D eigenvalue weighted by Gasteiger charge is -2.33. The first-order valence-electron chi connectivity index (χ1n) is 10.5. The monoisotopic (exact) mass is 394 g/mol. The van der Waals surface area contributed by atoms with Gasteiger partial charge in [-0.15, -0.1) is 6.58 Å². The molecule has 1 heterocycles. The number of hydrogen-bond acceptors (Lipinski definition) is 2.